The van der Waals surface area contributed by atoms with E-state index in [1.165, 1.54) is 44.2 Å². The van der Waals surface area contributed by atoms with Gasteiger partial charge in [0.25, 0.3) is 0 Å². The van der Waals surface area contributed by atoms with E-state index in [-0.39, 0.29) is 11.8 Å². The number of nitrogens with one attached hydrogen (secondary N) is 2. The molecule has 0 unspecified atom stereocenters. The van der Waals surface area contributed by atoms with Crippen LogP contribution in [0.25, 0.3) is 0 Å². The number of rotatable bonds is 4. The third-order valence-corrected chi connectivity index (χ3v) is 4.05. The minimum atomic E-state index is -0.228. The van der Waals surface area contributed by atoms with Crippen molar-refractivity contribution in [2.75, 3.05) is 6.54 Å². The Labute approximate surface area is 126 Å². The van der Waals surface area contributed by atoms with E-state index in [1.54, 1.807) is 12.1 Å². The molecule has 1 aromatic carbocycles. The van der Waals surface area contributed by atoms with Crippen molar-refractivity contribution >= 4 is 6.03 Å². The average molecular weight is 292 g/mol. The van der Waals surface area contributed by atoms with E-state index < -0.39 is 0 Å². The predicted octanol–water partition coefficient (Wildman–Crippen LogP) is 3.78. The molecule has 0 radical (unpaired) electrons. The number of halogens is 1. The highest BCUT2D eigenvalue weighted by Gasteiger charge is 2.13. The first kappa shape index (κ1) is 15.8. The van der Waals surface area contributed by atoms with Crippen LogP contribution in [0.1, 0.15) is 50.5 Å². The molecule has 116 valence electrons. The Bertz CT molecular complexity index is 425. The number of carbonyl (C=O) groups excluding carboxylic acids is 1. The van der Waals surface area contributed by atoms with Crippen LogP contribution >= 0.6 is 0 Å². The molecule has 1 aromatic rings. The van der Waals surface area contributed by atoms with Crippen LogP contribution in [0.15, 0.2) is 24.3 Å². The normalized spacial score (nSPS) is 16.8. The minimum Gasteiger partial charge on any atom is -0.338 e. The van der Waals surface area contributed by atoms with Gasteiger partial charge in [0, 0.05) is 12.6 Å². The molecule has 3 nitrogen and oxygen atoms in total. The second kappa shape index (κ2) is 8.65. The van der Waals surface area contributed by atoms with Crippen LogP contribution < -0.4 is 10.6 Å². The topological polar surface area (TPSA) is 41.1 Å². The smallest absolute Gasteiger partial charge is 0.315 e. The van der Waals surface area contributed by atoms with E-state index in [0.717, 1.165) is 24.8 Å². The van der Waals surface area contributed by atoms with Crippen molar-refractivity contribution in [1.29, 1.82) is 0 Å². The first-order chi connectivity index (χ1) is 10.2. The monoisotopic (exact) mass is 292 g/mol. The Hall–Kier alpha value is -1.58. The molecule has 21 heavy (non-hydrogen) atoms. The van der Waals surface area contributed by atoms with Crippen molar-refractivity contribution in [2.24, 2.45) is 0 Å². The molecular weight excluding hydrogens is 267 g/mol. The molecule has 2 amide bonds. The summed E-state index contributed by atoms with van der Waals surface area (Å²) in [4.78, 5) is 11.9. The summed E-state index contributed by atoms with van der Waals surface area (Å²) in [7, 11) is 0. The van der Waals surface area contributed by atoms with Crippen LogP contribution in [0, 0.1) is 5.82 Å². The van der Waals surface area contributed by atoms with Gasteiger partial charge in [-0.3, -0.25) is 0 Å². The molecule has 2 rings (SSSR count). The number of benzene rings is 1. The molecule has 0 saturated heterocycles. The number of carbonyl (C=O) groups is 1. The molecule has 0 aliphatic heterocycles. The van der Waals surface area contributed by atoms with E-state index in [0.29, 0.717) is 12.6 Å². The molecule has 0 atom stereocenters. The van der Waals surface area contributed by atoms with Crippen LogP contribution in [0.3, 0.4) is 0 Å². The summed E-state index contributed by atoms with van der Waals surface area (Å²) in [6, 6.07) is 6.64. The van der Waals surface area contributed by atoms with Gasteiger partial charge in [-0.1, -0.05) is 44.2 Å². The van der Waals surface area contributed by atoms with Gasteiger partial charge < -0.3 is 10.6 Å². The van der Waals surface area contributed by atoms with E-state index >= 15 is 0 Å². The molecule has 0 heterocycles. The van der Waals surface area contributed by atoms with Crippen LogP contribution in [-0.2, 0) is 6.42 Å². The van der Waals surface area contributed by atoms with Gasteiger partial charge in [0.2, 0.25) is 0 Å². The summed E-state index contributed by atoms with van der Waals surface area (Å²) in [6.07, 6.45) is 9.21. The minimum absolute atomic E-state index is 0.0808. The van der Waals surface area contributed by atoms with Gasteiger partial charge in [0.05, 0.1) is 0 Å². The Balaban J connectivity index is 1.65. The lowest BCUT2D eigenvalue weighted by atomic mass is 9.97. The van der Waals surface area contributed by atoms with Gasteiger partial charge >= 0.3 is 6.03 Å². The van der Waals surface area contributed by atoms with Gasteiger partial charge in [-0.05, 0) is 37.0 Å². The van der Waals surface area contributed by atoms with Gasteiger partial charge in [-0.25, -0.2) is 9.18 Å². The van der Waals surface area contributed by atoms with Gasteiger partial charge in [0.15, 0.2) is 0 Å². The second-order valence-electron chi connectivity index (χ2n) is 5.82. The standard InChI is InChI=1S/C17H25FN2O/c18-15-10-8-14(9-11-15)12-13-19-17(21)20-16-6-4-2-1-3-5-7-16/h8-11,16H,1-7,12-13H2,(H2,19,20,21). The molecule has 1 saturated carbocycles. The molecule has 2 N–H and O–H groups in total. The fourth-order valence-electron chi connectivity index (χ4n) is 2.81. The predicted molar refractivity (Wildman–Crippen MR) is 82.7 cm³/mol. The molecule has 1 aliphatic carbocycles. The van der Waals surface area contributed by atoms with Crippen molar-refractivity contribution in [3.8, 4) is 0 Å². The van der Waals surface area contributed by atoms with Crippen LogP contribution in [0.2, 0.25) is 0 Å². The maximum absolute atomic E-state index is 12.8. The van der Waals surface area contributed by atoms with Gasteiger partial charge in [0.1, 0.15) is 5.82 Å². The molecule has 4 heteroatoms. The Morgan fingerprint density at radius 2 is 1.67 bits per heavy atom. The van der Waals surface area contributed by atoms with Gasteiger partial charge in [-0.2, -0.15) is 0 Å². The van der Waals surface area contributed by atoms with Crippen molar-refractivity contribution in [2.45, 2.75) is 57.4 Å². The van der Waals surface area contributed by atoms with Gasteiger partial charge in [-0.15, -0.1) is 0 Å². The van der Waals surface area contributed by atoms with Crippen molar-refractivity contribution < 1.29 is 9.18 Å². The second-order valence-corrected chi connectivity index (χ2v) is 5.82. The maximum Gasteiger partial charge on any atom is 0.315 e. The summed E-state index contributed by atoms with van der Waals surface area (Å²) < 4.78 is 12.8. The van der Waals surface area contributed by atoms with E-state index in [9.17, 15) is 9.18 Å². The Morgan fingerprint density at radius 1 is 1.05 bits per heavy atom. The summed E-state index contributed by atoms with van der Waals surface area (Å²) in [6.45, 7) is 0.574. The lowest BCUT2D eigenvalue weighted by molar-refractivity contribution is 0.234. The fourth-order valence-corrected chi connectivity index (χ4v) is 2.81. The maximum atomic E-state index is 12.8. The number of hydrogen-bond acceptors (Lipinski definition) is 1. The number of amides is 2. The Kier molecular flexibility index (Phi) is 6.51. The van der Waals surface area contributed by atoms with Crippen LogP contribution in [-0.4, -0.2) is 18.6 Å². The average Bonchev–Trinajstić information content (AvgIpc) is 2.44. The molecule has 1 aliphatic rings. The van der Waals surface area contributed by atoms with Crippen molar-refractivity contribution in [1.82, 2.24) is 10.6 Å². The lowest BCUT2D eigenvalue weighted by Crippen LogP contribution is -2.43. The Morgan fingerprint density at radius 3 is 2.33 bits per heavy atom. The van der Waals surface area contributed by atoms with Crippen LogP contribution in [0.5, 0.6) is 0 Å². The third-order valence-electron chi connectivity index (χ3n) is 4.05. The fraction of sp³-hybridized carbons (Fsp3) is 0.588. The highest BCUT2D eigenvalue weighted by atomic mass is 19.1. The quantitative estimate of drug-likeness (QED) is 0.871. The van der Waals surface area contributed by atoms with E-state index in [1.807, 2.05) is 0 Å². The zero-order valence-corrected chi connectivity index (χ0v) is 12.5. The molecule has 0 spiro atoms. The third kappa shape index (κ3) is 6.15. The SMILES string of the molecule is O=C(NCCc1ccc(F)cc1)NC1CCCCCCC1. The molecule has 0 bridgehead atoms. The lowest BCUT2D eigenvalue weighted by Gasteiger charge is -2.21. The van der Waals surface area contributed by atoms with Crippen molar-refractivity contribution in [3.63, 3.8) is 0 Å². The molecular formula is C17H25FN2O. The van der Waals surface area contributed by atoms with Crippen molar-refractivity contribution in [3.05, 3.63) is 35.6 Å². The number of hydrogen-bond donors (Lipinski definition) is 2. The van der Waals surface area contributed by atoms with E-state index in [4.69, 9.17) is 0 Å². The summed E-state index contributed by atoms with van der Waals surface area (Å²) >= 11 is 0. The summed E-state index contributed by atoms with van der Waals surface area (Å²) in [5.74, 6) is -0.228. The summed E-state index contributed by atoms with van der Waals surface area (Å²) in [5.41, 5.74) is 1.03. The van der Waals surface area contributed by atoms with E-state index in [2.05, 4.69) is 10.6 Å². The number of urea groups is 1. The zero-order chi connectivity index (χ0) is 14.9. The zero-order valence-electron chi connectivity index (χ0n) is 12.5. The summed E-state index contributed by atoms with van der Waals surface area (Å²) in [5, 5.41) is 5.96. The highest BCUT2D eigenvalue weighted by molar-refractivity contribution is 5.74. The highest BCUT2D eigenvalue weighted by Crippen LogP contribution is 2.16. The van der Waals surface area contributed by atoms with Crippen LogP contribution in [0.4, 0.5) is 9.18 Å². The molecule has 1 fully saturated rings. The first-order valence-corrected chi connectivity index (χ1v) is 8.03. The molecule has 0 aromatic heterocycles. The first-order valence-electron chi connectivity index (χ1n) is 8.03. The largest absolute Gasteiger partial charge is 0.338 e.